The Morgan fingerprint density at radius 3 is 2.22 bits per heavy atom. The maximum absolute atomic E-state index is 14.1. The summed E-state index contributed by atoms with van der Waals surface area (Å²) in [6, 6.07) is 5.15. The molecule has 1 rings (SSSR count). The third kappa shape index (κ3) is 3.02. The molecule has 0 saturated carbocycles. The van der Waals surface area contributed by atoms with Crippen molar-refractivity contribution in [3.8, 4) is 0 Å². The maximum atomic E-state index is 14.1. The average molecular weight is 252 g/mol. The van der Waals surface area contributed by atoms with Gasteiger partial charge in [-0.05, 0) is 30.9 Å². The molecule has 0 aliphatic rings. The van der Waals surface area contributed by atoms with Gasteiger partial charge >= 0.3 is 0 Å². The molecule has 0 spiro atoms. The molecule has 0 aliphatic heterocycles. The van der Waals surface area contributed by atoms with E-state index in [1.807, 2.05) is 24.9 Å². The summed E-state index contributed by atoms with van der Waals surface area (Å²) >= 11 is 0. The number of halogens is 1. The van der Waals surface area contributed by atoms with Crippen molar-refractivity contribution in [2.75, 3.05) is 11.9 Å². The smallest absolute Gasteiger partial charge is 0.146 e. The number of hydrogen-bond acceptors (Lipinski definition) is 2. The van der Waals surface area contributed by atoms with Gasteiger partial charge in [-0.3, -0.25) is 0 Å². The Labute approximate surface area is 110 Å². The van der Waals surface area contributed by atoms with Gasteiger partial charge in [0.15, 0.2) is 0 Å². The van der Waals surface area contributed by atoms with E-state index < -0.39 is 0 Å². The van der Waals surface area contributed by atoms with E-state index in [-0.39, 0.29) is 23.3 Å². The van der Waals surface area contributed by atoms with Gasteiger partial charge in [0.1, 0.15) is 5.82 Å². The molecule has 0 aromatic heterocycles. The highest BCUT2D eigenvalue weighted by Gasteiger charge is 2.27. The fourth-order valence-electron chi connectivity index (χ4n) is 2.05. The van der Waals surface area contributed by atoms with Gasteiger partial charge < -0.3 is 10.6 Å². The molecule has 3 heteroatoms. The summed E-state index contributed by atoms with van der Waals surface area (Å²) in [5, 5.41) is 0. The van der Waals surface area contributed by atoms with E-state index >= 15 is 0 Å². The molecule has 0 heterocycles. The van der Waals surface area contributed by atoms with Crippen LogP contribution in [0.4, 0.5) is 10.1 Å². The van der Waals surface area contributed by atoms with Gasteiger partial charge in [0.05, 0.1) is 5.69 Å². The molecule has 0 amide bonds. The monoisotopic (exact) mass is 252 g/mol. The third-order valence-corrected chi connectivity index (χ3v) is 3.70. The average Bonchev–Trinajstić information content (AvgIpc) is 2.25. The summed E-state index contributed by atoms with van der Waals surface area (Å²) in [4.78, 5) is 1.99. The van der Waals surface area contributed by atoms with Crippen LogP contribution in [0.15, 0.2) is 18.2 Å². The van der Waals surface area contributed by atoms with Gasteiger partial charge in [0.25, 0.3) is 0 Å². The molecule has 0 aliphatic carbocycles. The largest absolute Gasteiger partial charge is 0.369 e. The van der Waals surface area contributed by atoms with Crippen LogP contribution in [0.5, 0.6) is 0 Å². The zero-order valence-corrected chi connectivity index (χ0v) is 12.3. The molecule has 18 heavy (non-hydrogen) atoms. The first kappa shape index (κ1) is 15.0. The van der Waals surface area contributed by atoms with Crippen LogP contribution < -0.4 is 10.6 Å². The van der Waals surface area contributed by atoms with Gasteiger partial charge in [-0.15, -0.1) is 0 Å². The molecular weight excluding hydrogens is 227 g/mol. The van der Waals surface area contributed by atoms with Crippen LogP contribution in [0, 0.1) is 11.2 Å². The summed E-state index contributed by atoms with van der Waals surface area (Å²) < 4.78 is 14.1. The van der Waals surface area contributed by atoms with E-state index in [1.54, 1.807) is 6.07 Å². The molecule has 0 radical (unpaired) electrons. The van der Waals surface area contributed by atoms with E-state index in [2.05, 4.69) is 27.7 Å². The summed E-state index contributed by atoms with van der Waals surface area (Å²) in [5.74, 6) is -0.205. The van der Waals surface area contributed by atoms with Crippen molar-refractivity contribution < 1.29 is 4.39 Å². The zero-order chi connectivity index (χ0) is 14.1. The second-order valence-corrected chi connectivity index (χ2v) is 6.12. The molecule has 1 aromatic rings. The lowest BCUT2D eigenvalue weighted by atomic mass is 9.86. The molecule has 2 nitrogen and oxygen atoms in total. The van der Waals surface area contributed by atoms with Gasteiger partial charge in [-0.1, -0.05) is 32.9 Å². The van der Waals surface area contributed by atoms with Crippen LogP contribution in [-0.2, 0) is 0 Å². The Morgan fingerprint density at radius 1 is 1.22 bits per heavy atom. The molecule has 2 atom stereocenters. The van der Waals surface area contributed by atoms with E-state index in [1.165, 1.54) is 6.07 Å². The van der Waals surface area contributed by atoms with Crippen LogP contribution in [-0.4, -0.2) is 13.1 Å². The van der Waals surface area contributed by atoms with Crippen molar-refractivity contribution in [3.05, 3.63) is 29.6 Å². The minimum atomic E-state index is -0.205. The number of nitrogens with two attached hydrogens (primary N) is 1. The molecule has 0 fully saturated rings. The number of hydrogen-bond donors (Lipinski definition) is 1. The fourth-order valence-corrected chi connectivity index (χ4v) is 2.05. The summed E-state index contributed by atoms with van der Waals surface area (Å²) in [6.07, 6.45) is 0. The molecule has 102 valence electrons. The highest BCUT2D eigenvalue weighted by Crippen LogP contribution is 2.33. The quantitative estimate of drug-likeness (QED) is 0.888. The van der Waals surface area contributed by atoms with Crippen molar-refractivity contribution in [1.82, 2.24) is 0 Å². The summed E-state index contributed by atoms with van der Waals surface area (Å²) in [5.41, 5.74) is 7.49. The minimum Gasteiger partial charge on any atom is -0.369 e. The van der Waals surface area contributed by atoms with Crippen LogP contribution >= 0.6 is 0 Å². The number of benzene rings is 1. The minimum absolute atomic E-state index is 0.0755. The number of rotatable bonds is 3. The molecule has 2 unspecified atom stereocenters. The second-order valence-electron chi connectivity index (χ2n) is 6.12. The number of anilines is 1. The standard InChI is InChI=1S/C15H25FN2/c1-10(17)12-8-7-9-13(16)14(12)18(6)11(2)15(3,4)5/h7-11H,17H2,1-6H3. The van der Waals surface area contributed by atoms with E-state index in [0.717, 1.165) is 5.56 Å². The summed E-state index contributed by atoms with van der Waals surface area (Å²) in [6.45, 7) is 10.5. The topological polar surface area (TPSA) is 29.3 Å². The Balaban J connectivity index is 3.24. The first-order chi connectivity index (χ1) is 8.16. The van der Waals surface area contributed by atoms with E-state index in [0.29, 0.717) is 5.69 Å². The molecule has 2 N–H and O–H groups in total. The molecular formula is C15H25FN2. The van der Waals surface area contributed by atoms with Crippen LogP contribution in [0.2, 0.25) is 0 Å². The molecule has 0 bridgehead atoms. The first-order valence-electron chi connectivity index (χ1n) is 6.43. The van der Waals surface area contributed by atoms with Crippen LogP contribution in [0.25, 0.3) is 0 Å². The predicted molar refractivity (Wildman–Crippen MR) is 76.3 cm³/mol. The van der Waals surface area contributed by atoms with Crippen molar-refractivity contribution in [2.45, 2.75) is 46.7 Å². The Hall–Kier alpha value is -1.09. The maximum Gasteiger partial charge on any atom is 0.146 e. The predicted octanol–water partition coefficient (Wildman–Crippen LogP) is 3.72. The van der Waals surface area contributed by atoms with Crippen molar-refractivity contribution >= 4 is 5.69 Å². The highest BCUT2D eigenvalue weighted by atomic mass is 19.1. The van der Waals surface area contributed by atoms with Crippen LogP contribution in [0.3, 0.4) is 0 Å². The lowest BCUT2D eigenvalue weighted by Gasteiger charge is -2.38. The molecule has 0 saturated heterocycles. The van der Waals surface area contributed by atoms with Crippen molar-refractivity contribution in [1.29, 1.82) is 0 Å². The summed E-state index contributed by atoms with van der Waals surface area (Å²) in [7, 11) is 1.93. The highest BCUT2D eigenvalue weighted by molar-refractivity contribution is 5.56. The Bertz CT molecular complexity index is 407. The Morgan fingerprint density at radius 2 is 1.78 bits per heavy atom. The van der Waals surface area contributed by atoms with Gasteiger partial charge in [0, 0.05) is 19.1 Å². The molecule has 1 aromatic carbocycles. The van der Waals surface area contributed by atoms with Crippen molar-refractivity contribution in [3.63, 3.8) is 0 Å². The number of nitrogens with zero attached hydrogens (tertiary/aromatic N) is 1. The van der Waals surface area contributed by atoms with Gasteiger partial charge in [0.2, 0.25) is 0 Å². The van der Waals surface area contributed by atoms with E-state index in [9.17, 15) is 4.39 Å². The van der Waals surface area contributed by atoms with Crippen LogP contribution in [0.1, 0.15) is 46.2 Å². The lowest BCUT2D eigenvalue weighted by Crippen LogP contribution is -2.40. The van der Waals surface area contributed by atoms with Gasteiger partial charge in [-0.2, -0.15) is 0 Å². The first-order valence-corrected chi connectivity index (χ1v) is 6.43. The van der Waals surface area contributed by atoms with E-state index in [4.69, 9.17) is 5.73 Å². The van der Waals surface area contributed by atoms with Crippen molar-refractivity contribution in [2.24, 2.45) is 11.1 Å². The normalized spacial score (nSPS) is 15.3. The SMILES string of the molecule is CC(N)c1cccc(F)c1N(C)C(C)C(C)(C)C. The second kappa shape index (κ2) is 5.27. The fraction of sp³-hybridized carbons (Fsp3) is 0.600. The number of para-hydroxylation sites is 1. The lowest BCUT2D eigenvalue weighted by molar-refractivity contribution is 0.327. The third-order valence-electron chi connectivity index (χ3n) is 3.70. The Kier molecular flexibility index (Phi) is 4.38. The van der Waals surface area contributed by atoms with Gasteiger partial charge in [-0.25, -0.2) is 4.39 Å². The zero-order valence-electron chi connectivity index (χ0n) is 12.3.